The van der Waals surface area contributed by atoms with E-state index in [1.807, 2.05) is 49.8 Å². The topological polar surface area (TPSA) is 56.5 Å². The van der Waals surface area contributed by atoms with E-state index >= 15 is 0 Å². The van der Waals surface area contributed by atoms with Gasteiger partial charge in [0.25, 0.3) is 0 Å². The van der Waals surface area contributed by atoms with Crippen LogP contribution in [0.25, 0.3) is 0 Å². The van der Waals surface area contributed by atoms with Crippen molar-refractivity contribution in [1.82, 2.24) is 0 Å². The first-order chi connectivity index (χ1) is 12.5. The van der Waals surface area contributed by atoms with Crippen LogP contribution in [-0.2, 0) is 6.54 Å². The van der Waals surface area contributed by atoms with Crippen LogP contribution < -0.4 is 20.5 Å². The first-order valence-electron chi connectivity index (χ1n) is 8.80. The molecule has 0 saturated carbocycles. The number of methoxy groups -OCH3 is 1. The van der Waals surface area contributed by atoms with Crippen molar-refractivity contribution in [2.75, 3.05) is 37.3 Å². The van der Waals surface area contributed by atoms with Gasteiger partial charge in [-0.05, 0) is 54.7 Å². The Morgan fingerprint density at radius 1 is 1.12 bits per heavy atom. The lowest BCUT2D eigenvalue weighted by atomic mass is 10.0. The zero-order valence-electron chi connectivity index (χ0n) is 16.8. The van der Waals surface area contributed by atoms with Gasteiger partial charge in [0.05, 0.1) is 25.1 Å². The van der Waals surface area contributed by atoms with Crippen molar-refractivity contribution >= 4 is 23.1 Å². The number of benzene rings is 2. The molecule has 0 unspecified atom stereocenters. The standard InChI is InChI=1S/C19H26N2O2.C2H6S/c1-5-23-18-11-14(9-10-17(18)22-4)12-21-16-8-6-7-15(13(2)3)19(16)20;1-3-2/h6-11,13,21H,5,12,20H2,1-4H3;1-2H3. The van der Waals surface area contributed by atoms with Crippen molar-refractivity contribution in [3.8, 4) is 11.5 Å². The summed E-state index contributed by atoms with van der Waals surface area (Å²) in [6.07, 6.45) is 4.08. The molecule has 4 nitrogen and oxygen atoms in total. The molecule has 26 heavy (non-hydrogen) atoms. The minimum atomic E-state index is 0.405. The first-order valence-corrected chi connectivity index (χ1v) is 10.4. The third kappa shape index (κ3) is 6.37. The van der Waals surface area contributed by atoms with E-state index in [0.29, 0.717) is 19.1 Å². The van der Waals surface area contributed by atoms with Crippen LogP contribution in [0.2, 0.25) is 0 Å². The van der Waals surface area contributed by atoms with Gasteiger partial charge < -0.3 is 20.5 Å². The highest BCUT2D eigenvalue weighted by Gasteiger charge is 2.09. The normalized spacial score (nSPS) is 10.1. The minimum absolute atomic E-state index is 0.405. The number of ether oxygens (including phenoxy) is 2. The summed E-state index contributed by atoms with van der Waals surface area (Å²) in [6, 6.07) is 12.1. The largest absolute Gasteiger partial charge is 0.493 e. The van der Waals surface area contributed by atoms with Crippen LogP contribution in [-0.4, -0.2) is 26.2 Å². The molecule has 0 saturated heterocycles. The zero-order valence-corrected chi connectivity index (χ0v) is 17.6. The fourth-order valence-electron chi connectivity index (χ4n) is 2.54. The smallest absolute Gasteiger partial charge is 0.161 e. The molecule has 144 valence electrons. The molecule has 2 aromatic rings. The number of thioether (sulfide) groups is 1. The summed E-state index contributed by atoms with van der Waals surface area (Å²) in [7, 11) is 1.65. The molecule has 0 fully saturated rings. The van der Waals surface area contributed by atoms with E-state index in [1.165, 1.54) is 5.56 Å². The van der Waals surface area contributed by atoms with Gasteiger partial charge >= 0.3 is 0 Å². The summed E-state index contributed by atoms with van der Waals surface area (Å²) in [5.41, 5.74) is 10.3. The lowest BCUT2D eigenvalue weighted by Gasteiger charge is -2.16. The quantitative estimate of drug-likeness (QED) is 0.634. The van der Waals surface area contributed by atoms with E-state index in [1.54, 1.807) is 18.9 Å². The van der Waals surface area contributed by atoms with Crippen LogP contribution in [0.15, 0.2) is 36.4 Å². The van der Waals surface area contributed by atoms with Gasteiger partial charge in [-0.1, -0.05) is 32.0 Å². The molecule has 0 radical (unpaired) electrons. The molecule has 3 N–H and O–H groups in total. The van der Waals surface area contributed by atoms with Crippen LogP contribution in [0.3, 0.4) is 0 Å². The maximum Gasteiger partial charge on any atom is 0.161 e. The maximum absolute atomic E-state index is 6.26. The summed E-state index contributed by atoms with van der Waals surface area (Å²) in [4.78, 5) is 0. The van der Waals surface area contributed by atoms with Crippen LogP contribution in [0.4, 0.5) is 11.4 Å². The number of hydrogen-bond acceptors (Lipinski definition) is 5. The van der Waals surface area contributed by atoms with Crippen LogP contribution in [0.5, 0.6) is 11.5 Å². The molecule has 2 aromatic carbocycles. The molecule has 0 spiro atoms. The van der Waals surface area contributed by atoms with Crippen molar-refractivity contribution in [1.29, 1.82) is 0 Å². The Hall–Kier alpha value is -2.01. The molecule has 0 amide bonds. The second kappa shape index (κ2) is 11.6. The first kappa shape index (κ1) is 22.0. The van der Waals surface area contributed by atoms with Crippen LogP contribution >= 0.6 is 11.8 Å². The highest BCUT2D eigenvalue weighted by Crippen LogP contribution is 2.31. The Morgan fingerprint density at radius 2 is 1.81 bits per heavy atom. The Morgan fingerprint density at radius 3 is 2.38 bits per heavy atom. The van der Waals surface area contributed by atoms with Crippen LogP contribution in [0, 0.1) is 0 Å². The molecule has 5 heteroatoms. The molecule has 0 aliphatic carbocycles. The average molecular weight is 377 g/mol. The van der Waals surface area contributed by atoms with E-state index in [4.69, 9.17) is 15.2 Å². The molecule has 2 rings (SSSR count). The predicted octanol–water partition coefficient (Wildman–Crippen LogP) is 5.39. The number of nitrogens with two attached hydrogens (primary N) is 1. The van der Waals surface area contributed by atoms with Gasteiger partial charge in [0.15, 0.2) is 11.5 Å². The zero-order chi connectivity index (χ0) is 19.5. The van der Waals surface area contributed by atoms with Gasteiger partial charge in [-0.2, -0.15) is 11.8 Å². The van der Waals surface area contributed by atoms with Crippen LogP contribution in [0.1, 0.15) is 37.8 Å². The third-order valence-electron chi connectivity index (χ3n) is 3.77. The van der Waals surface area contributed by atoms with E-state index in [2.05, 4.69) is 25.2 Å². The van der Waals surface area contributed by atoms with Gasteiger partial charge in [0.1, 0.15) is 0 Å². The minimum Gasteiger partial charge on any atom is -0.493 e. The lowest BCUT2D eigenvalue weighted by molar-refractivity contribution is 0.310. The number of hydrogen-bond donors (Lipinski definition) is 2. The number of para-hydroxylation sites is 1. The lowest BCUT2D eigenvalue weighted by Crippen LogP contribution is -2.06. The van der Waals surface area contributed by atoms with Crippen molar-refractivity contribution in [3.63, 3.8) is 0 Å². The van der Waals surface area contributed by atoms with Crippen molar-refractivity contribution in [2.45, 2.75) is 33.2 Å². The molecule has 0 aromatic heterocycles. The molecule has 0 heterocycles. The molecule has 0 bridgehead atoms. The summed E-state index contributed by atoms with van der Waals surface area (Å²) in [6.45, 7) is 7.54. The van der Waals surface area contributed by atoms with Crippen molar-refractivity contribution < 1.29 is 9.47 Å². The van der Waals surface area contributed by atoms with Gasteiger partial charge in [-0.25, -0.2) is 0 Å². The highest BCUT2D eigenvalue weighted by molar-refractivity contribution is 7.97. The molecular formula is C21H32N2O2S. The Labute approximate surface area is 162 Å². The Bertz CT molecular complexity index is 675. The van der Waals surface area contributed by atoms with Crippen molar-refractivity contribution in [2.24, 2.45) is 0 Å². The second-order valence-electron chi connectivity index (χ2n) is 6.14. The van der Waals surface area contributed by atoms with E-state index in [0.717, 1.165) is 28.4 Å². The second-order valence-corrected chi connectivity index (χ2v) is 6.96. The van der Waals surface area contributed by atoms with Crippen molar-refractivity contribution in [3.05, 3.63) is 47.5 Å². The highest BCUT2D eigenvalue weighted by atomic mass is 32.2. The SMILES string of the molecule is CCOc1cc(CNc2cccc(C(C)C)c2N)ccc1OC.CSC. The molecule has 0 aliphatic rings. The van der Waals surface area contributed by atoms with Gasteiger partial charge in [-0.15, -0.1) is 0 Å². The fourth-order valence-corrected chi connectivity index (χ4v) is 2.54. The number of rotatable bonds is 7. The van der Waals surface area contributed by atoms with E-state index in [-0.39, 0.29) is 0 Å². The number of nitrogens with one attached hydrogen (secondary N) is 1. The predicted molar refractivity (Wildman–Crippen MR) is 116 cm³/mol. The Balaban J connectivity index is 0.00000105. The molecule has 0 atom stereocenters. The summed E-state index contributed by atoms with van der Waals surface area (Å²) in [5, 5.41) is 3.41. The maximum atomic E-state index is 6.26. The van der Waals surface area contributed by atoms with Gasteiger partial charge in [-0.3, -0.25) is 0 Å². The summed E-state index contributed by atoms with van der Waals surface area (Å²) >= 11 is 1.75. The van der Waals surface area contributed by atoms with E-state index in [9.17, 15) is 0 Å². The summed E-state index contributed by atoms with van der Waals surface area (Å²) in [5.74, 6) is 1.91. The molecular weight excluding hydrogens is 344 g/mol. The summed E-state index contributed by atoms with van der Waals surface area (Å²) < 4.78 is 10.9. The number of anilines is 2. The fraction of sp³-hybridized carbons (Fsp3) is 0.429. The Kier molecular flexibility index (Phi) is 9.81. The van der Waals surface area contributed by atoms with Gasteiger partial charge in [0.2, 0.25) is 0 Å². The monoisotopic (exact) mass is 376 g/mol. The molecule has 0 aliphatic heterocycles. The van der Waals surface area contributed by atoms with Gasteiger partial charge in [0, 0.05) is 6.54 Å². The third-order valence-corrected chi connectivity index (χ3v) is 3.77. The average Bonchev–Trinajstić information content (AvgIpc) is 2.62. The van der Waals surface area contributed by atoms with E-state index < -0.39 is 0 Å². The number of nitrogen functional groups attached to an aromatic ring is 1.